The summed E-state index contributed by atoms with van der Waals surface area (Å²) in [5.41, 5.74) is 1.51. The van der Waals surface area contributed by atoms with Crippen molar-refractivity contribution < 1.29 is 18.7 Å². The lowest BCUT2D eigenvalue weighted by atomic mass is 10.0. The van der Waals surface area contributed by atoms with E-state index in [1.54, 1.807) is 55.6 Å². The summed E-state index contributed by atoms with van der Waals surface area (Å²) in [6, 6.07) is 20.0. The van der Waals surface area contributed by atoms with Crippen LogP contribution in [0.4, 0.5) is 15.8 Å². The largest absolute Gasteiger partial charge is 0.497 e. The molecule has 3 aromatic carbocycles. The van der Waals surface area contributed by atoms with Crippen molar-refractivity contribution in [3.05, 3.63) is 115 Å². The number of ether oxygens (including phenoxy) is 1. The molecule has 0 aliphatic rings. The average molecular weight is 456 g/mol. The second-order valence-electron chi connectivity index (χ2n) is 7.27. The summed E-state index contributed by atoms with van der Waals surface area (Å²) in [5.74, 6) is -0.815. The molecule has 1 N–H and O–H groups in total. The van der Waals surface area contributed by atoms with Crippen molar-refractivity contribution in [2.45, 2.75) is 6.04 Å². The first-order valence-corrected chi connectivity index (χ1v) is 10.4. The monoisotopic (exact) mass is 456 g/mol. The van der Waals surface area contributed by atoms with E-state index in [0.29, 0.717) is 22.7 Å². The predicted octanol–water partition coefficient (Wildman–Crippen LogP) is 4.65. The fraction of sp³-hybridized carbons (Fsp3) is 0.0769. The number of aromatic nitrogens is 2. The first-order valence-electron chi connectivity index (χ1n) is 10.4. The van der Waals surface area contributed by atoms with E-state index in [0.717, 1.165) is 0 Å². The molecule has 0 radical (unpaired) electrons. The fourth-order valence-electron chi connectivity index (χ4n) is 3.46. The molecule has 1 atom stereocenters. The highest BCUT2D eigenvalue weighted by Crippen LogP contribution is 2.31. The number of hydrogen-bond acceptors (Lipinski definition) is 5. The van der Waals surface area contributed by atoms with E-state index in [-0.39, 0.29) is 5.69 Å². The summed E-state index contributed by atoms with van der Waals surface area (Å²) in [7, 11) is 1.54. The molecule has 0 spiro atoms. The van der Waals surface area contributed by atoms with Crippen LogP contribution < -0.4 is 15.0 Å². The van der Waals surface area contributed by atoms with E-state index in [9.17, 15) is 14.0 Å². The first-order chi connectivity index (χ1) is 16.6. The van der Waals surface area contributed by atoms with Gasteiger partial charge >= 0.3 is 0 Å². The van der Waals surface area contributed by atoms with Gasteiger partial charge in [0.05, 0.1) is 13.3 Å². The molecule has 0 aliphatic heterocycles. The third kappa shape index (κ3) is 5.07. The van der Waals surface area contributed by atoms with Crippen LogP contribution in [0.25, 0.3) is 0 Å². The van der Waals surface area contributed by atoms with Crippen molar-refractivity contribution in [2.24, 2.45) is 0 Å². The van der Waals surface area contributed by atoms with Crippen LogP contribution >= 0.6 is 0 Å². The van der Waals surface area contributed by atoms with E-state index < -0.39 is 23.7 Å². The number of anilines is 2. The van der Waals surface area contributed by atoms with Gasteiger partial charge in [-0.05, 0) is 54.1 Å². The van der Waals surface area contributed by atoms with Crippen molar-refractivity contribution >= 4 is 23.2 Å². The third-order valence-electron chi connectivity index (χ3n) is 5.09. The van der Waals surface area contributed by atoms with Gasteiger partial charge in [0.15, 0.2) is 0 Å². The van der Waals surface area contributed by atoms with Gasteiger partial charge in [-0.3, -0.25) is 19.5 Å². The van der Waals surface area contributed by atoms with E-state index in [1.165, 1.54) is 47.8 Å². The number of carbonyl (C=O) groups is 2. The highest BCUT2D eigenvalue weighted by Gasteiger charge is 2.34. The standard InChI is InChI=1S/C26H21FN4O3/c1-34-22-13-11-21(12-14-22)31(26(33)23-17-28-15-16-29-23)24(18-5-3-2-4-6-18)25(32)30-20-9-7-19(27)8-10-20/h2-17,24H,1H3,(H,30,32). The van der Waals surface area contributed by atoms with Crippen LogP contribution in [0.2, 0.25) is 0 Å². The van der Waals surface area contributed by atoms with Gasteiger partial charge in [0.2, 0.25) is 0 Å². The molecule has 4 aromatic rings. The molecule has 1 aromatic heterocycles. The molecule has 0 saturated heterocycles. The number of carbonyl (C=O) groups excluding carboxylic acids is 2. The number of nitrogens with zero attached hydrogens (tertiary/aromatic N) is 3. The van der Waals surface area contributed by atoms with Gasteiger partial charge in [0, 0.05) is 23.8 Å². The topological polar surface area (TPSA) is 84.4 Å². The van der Waals surface area contributed by atoms with Gasteiger partial charge in [-0.2, -0.15) is 0 Å². The van der Waals surface area contributed by atoms with E-state index >= 15 is 0 Å². The Bertz CT molecular complexity index is 1250. The highest BCUT2D eigenvalue weighted by atomic mass is 19.1. The van der Waals surface area contributed by atoms with Gasteiger partial charge in [-0.15, -0.1) is 0 Å². The molecule has 0 aliphatic carbocycles. The zero-order valence-corrected chi connectivity index (χ0v) is 18.3. The minimum atomic E-state index is -1.06. The lowest BCUT2D eigenvalue weighted by Crippen LogP contribution is -2.42. The molecule has 8 heteroatoms. The Morgan fingerprint density at radius 2 is 1.65 bits per heavy atom. The normalized spacial score (nSPS) is 11.4. The van der Waals surface area contributed by atoms with Crippen LogP contribution in [0.3, 0.4) is 0 Å². The van der Waals surface area contributed by atoms with E-state index in [4.69, 9.17) is 4.74 Å². The first kappa shape index (κ1) is 22.6. The molecular weight excluding hydrogens is 435 g/mol. The van der Waals surface area contributed by atoms with Crippen molar-refractivity contribution in [1.82, 2.24) is 9.97 Å². The predicted molar refractivity (Wildman–Crippen MR) is 126 cm³/mol. The van der Waals surface area contributed by atoms with Crippen molar-refractivity contribution in [2.75, 3.05) is 17.3 Å². The molecular formula is C26H21FN4O3. The Morgan fingerprint density at radius 1 is 0.941 bits per heavy atom. The highest BCUT2D eigenvalue weighted by molar-refractivity contribution is 6.11. The number of rotatable bonds is 7. The van der Waals surface area contributed by atoms with Gasteiger partial charge in [-0.1, -0.05) is 30.3 Å². The second-order valence-corrected chi connectivity index (χ2v) is 7.27. The lowest BCUT2D eigenvalue weighted by molar-refractivity contribution is -0.117. The van der Waals surface area contributed by atoms with Crippen molar-refractivity contribution in [3.8, 4) is 5.75 Å². The minimum absolute atomic E-state index is 0.0776. The smallest absolute Gasteiger partial charge is 0.279 e. The molecule has 170 valence electrons. The maximum absolute atomic E-state index is 13.7. The molecule has 2 amide bonds. The average Bonchev–Trinajstić information content (AvgIpc) is 2.89. The quantitative estimate of drug-likeness (QED) is 0.438. The summed E-state index contributed by atoms with van der Waals surface area (Å²) in [6.07, 6.45) is 4.22. The van der Waals surface area contributed by atoms with Crippen molar-refractivity contribution in [1.29, 1.82) is 0 Å². The summed E-state index contributed by atoms with van der Waals surface area (Å²) in [6.45, 7) is 0. The summed E-state index contributed by atoms with van der Waals surface area (Å²) in [4.78, 5) is 36.8. The number of nitrogens with one attached hydrogen (secondary N) is 1. The van der Waals surface area contributed by atoms with Crippen LogP contribution in [0.1, 0.15) is 22.1 Å². The SMILES string of the molecule is COc1ccc(N(C(=O)c2cnccn2)C(C(=O)Nc2ccc(F)cc2)c2ccccc2)cc1. The third-order valence-corrected chi connectivity index (χ3v) is 5.09. The van der Waals surface area contributed by atoms with Crippen LogP contribution in [0, 0.1) is 5.82 Å². The number of benzene rings is 3. The van der Waals surface area contributed by atoms with Crippen LogP contribution in [-0.2, 0) is 4.79 Å². The van der Waals surface area contributed by atoms with Crippen LogP contribution in [0.5, 0.6) is 5.75 Å². The molecule has 0 saturated carbocycles. The Morgan fingerprint density at radius 3 is 2.26 bits per heavy atom. The molecule has 34 heavy (non-hydrogen) atoms. The number of amides is 2. The number of halogens is 1. The molecule has 4 rings (SSSR count). The van der Waals surface area contributed by atoms with Gasteiger partial charge in [0.25, 0.3) is 11.8 Å². The molecule has 1 heterocycles. The summed E-state index contributed by atoms with van der Waals surface area (Å²) < 4.78 is 18.6. The zero-order chi connectivity index (χ0) is 23.9. The Kier molecular flexibility index (Phi) is 6.88. The summed E-state index contributed by atoms with van der Waals surface area (Å²) in [5, 5.41) is 2.79. The molecule has 7 nitrogen and oxygen atoms in total. The molecule has 0 fully saturated rings. The zero-order valence-electron chi connectivity index (χ0n) is 18.3. The maximum atomic E-state index is 13.7. The molecule has 0 bridgehead atoms. The fourth-order valence-corrected chi connectivity index (χ4v) is 3.46. The minimum Gasteiger partial charge on any atom is -0.497 e. The van der Waals surface area contributed by atoms with Crippen LogP contribution in [0.15, 0.2) is 97.5 Å². The van der Waals surface area contributed by atoms with Gasteiger partial charge in [0.1, 0.15) is 23.3 Å². The second kappa shape index (κ2) is 10.4. The van der Waals surface area contributed by atoms with Gasteiger partial charge in [-0.25, -0.2) is 9.37 Å². The van der Waals surface area contributed by atoms with Crippen molar-refractivity contribution in [3.63, 3.8) is 0 Å². The van der Waals surface area contributed by atoms with E-state index in [2.05, 4.69) is 15.3 Å². The van der Waals surface area contributed by atoms with E-state index in [1.807, 2.05) is 6.07 Å². The Balaban J connectivity index is 1.82. The molecule has 1 unspecified atom stereocenters. The maximum Gasteiger partial charge on any atom is 0.279 e. The number of methoxy groups -OCH3 is 1. The number of hydrogen-bond donors (Lipinski definition) is 1. The summed E-state index contributed by atoms with van der Waals surface area (Å²) >= 11 is 0. The lowest BCUT2D eigenvalue weighted by Gasteiger charge is -2.31. The van der Waals surface area contributed by atoms with Gasteiger partial charge < -0.3 is 10.1 Å². The Labute approximate surface area is 195 Å². The Hall–Kier alpha value is -4.59. The van der Waals surface area contributed by atoms with Crippen LogP contribution in [-0.4, -0.2) is 28.9 Å².